The largest absolute Gasteiger partial charge is 0.324 e. The third-order valence-electron chi connectivity index (χ3n) is 3.43. The maximum absolute atomic E-state index is 6.25. The second-order valence-electron chi connectivity index (χ2n) is 4.62. The fourth-order valence-corrected chi connectivity index (χ4v) is 2.73. The smallest absolute Gasteiger partial charge is 0.0308 e. The van der Waals surface area contributed by atoms with Gasteiger partial charge in [0.25, 0.3) is 0 Å². The second-order valence-corrected chi connectivity index (χ2v) is 5.41. The van der Waals surface area contributed by atoms with Crippen LogP contribution in [-0.2, 0) is 0 Å². The summed E-state index contributed by atoms with van der Waals surface area (Å²) in [6, 6.07) is 6.55. The van der Waals surface area contributed by atoms with Crippen molar-refractivity contribution in [1.29, 1.82) is 0 Å². The van der Waals surface area contributed by atoms with E-state index in [2.05, 4.69) is 41.1 Å². The molecule has 1 fully saturated rings. The van der Waals surface area contributed by atoms with Gasteiger partial charge in [0, 0.05) is 10.5 Å². The van der Waals surface area contributed by atoms with Crippen molar-refractivity contribution in [3.05, 3.63) is 33.8 Å². The summed E-state index contributed by atoms with van der Waals surface area (Å²) < 4.78 is 1.19. The number of halogens is 1. The lowest BCUT2D eigenvalue weighted by molar-refractivity contribution is 0.277. The Morgan fingerprint density at radius 1 is 1.47 bits per heavy atom. The first-order valence-electron chi connectivity index (χ1n) is 5.69. The van der Waals surface area contributed by atoms with Gasteiger partial charge in [-0.2, -0.15) is 0 Å². The predicted molar refractivity (Wildman–Crippen MR) is 67.8 cm³/mol. The normalized spacial score (nSPS) is 18.6. The molecular formula is C13H18BrN. The molecule has 82 valence electrons. The molecule has 1 unspecified atom stereocenters. The van der Waals surface area contributed by atoms with E-state index in [-0.39, 0.29) is 6.04 Å². The average molecular weight is 268 g/mol. The summed E-state index contributed by atoms with van der Waals surface area (Å²) in [6.45, 7) is 2.11. The van der Waals surface area contributed by atoms with E-state index >= 15 is 0 Å². The molecule has 1 saturated carbocycles. The number of hydrogen-bond acceptors (Lipinski definition) is 1. The van der Waals surface area contributed by atoms with Crippen molar-refractivity contribution in [2.75, 3.05) is 0 Å². The Hall–Kier alpha value is -0.340. The Bertz CT molecular complexity index is 344. The summed E-state index contributed by atoms with van der Waals surface area (Å²) in [4.78, 5) is 0. The lowest BCUT2D eigenvalue weighted by Crippen LogP contribution is -2.20. The van der Waals surface area contributed by atoms with E-state index in [1.165, 1.54) is 34.9 Å². The van der Waals surface area contributed by atoms with Crippen LogP contribution >= 0.6 is 15.9 Å². The predicted octanol–water partition coefficient (Wildman–Crippen LogP) is 3.95. The summed E-state index contributed by atoms with van der Waals surface area (Å²) >= 11 is 3.63. The minimum atomic E-state index is 0.199. The van der Waals surface area contributed by atoms with Gasteiger partial charge in [-0.05, 0) is 30.4 Å². The number of nitrogens with two attached hydrogens (primary N) is 1. The maximum Gasteiger partial charge on any atom is 0.0308 e. The van der Waals surface area contributed by atoms with Gasteiger partial charge in [-0.25, -0.2) is 0 Å². The van der Waals surface area contributed by atoms with Crippen LogP contribution in [0.25, 0.3) is 0 Å². The van der Waals surface area contributed by atoms with Crippen LogP contribution in [0.1, 0.15) is 42.9 Å². The first-order chi connectivity index (χ1) is 7.18. The molecule has 0 radical (unpaired) electrons. The van der Waals surface area contributed by atoms with Crippen molar-refractivity contribution < 1.29 is 0 Å². The minimum absolute atomic E-state index is 0.199. The molecule has 0 aromatic heterocycles. The van der Waals surface area contributed by atoms with Crippen LogP contribution in [0.15, 0.2) is 22.7 Å². The molecule has 0 heterocycles. The number of benzene rings is 1. The highest BCUT2D eigenvalue weighted by molar-refractivity contribution is 9.10. The van der Waals surface area contributed by atoms with E-state index in [4.69, 9.17) is 5.73 Å². The molecule has 1 aliphatic carbocycles. The lowest BCUT2D eigenvalue weighted by Gasteiger charge is -2.28. The van der Waals surface area contributed by atoms with Crippen LogP contribution in [-0.4, -0.2) is 0 Å². The quantitative estimate of drug-likeness (QED) is 0.882. The molecule has 0 spiro atoms. The summed E-state index contributed by atoms with van der Waals surface area (Å²) in [7, 11) is 0. The molecule has 1 nitrogen and oxygen atoms in total. The highest BCUT2D eigenvalue weighted by atomic mass is 79.9. The van der Waals surface area contributed by atoms with Crippen LogP contribution < -0.4 is 5.73 Å². The maximum atomic E-state index is 6.25. The fourth-order valence-electron chi connectivity index (χ4n) is 2.17. The molecule has 2 heteroatoms. The van der Waals surface area contributed by atoms with Crippen molar-refractivity contribution >= 4 is 15.9 Å². The van der Waals surface area contributed by atoms with Crippen LogP contribution in [0.2, 0.25) is 0 Å². The van der Waals surface area contributed by atoms with Crippen molar-refractivity contribution in [2.45, 2.75) is 38.6 Å². The Morgan fingerprint density at radius 2 is 2.20 bits per heavy atom. The van der Waals surface area contributed by atoms with Crippen LogP contribution in [0.4, 0.5) is 0 Å². The first-order valence-corrected chi connectivity index (χ1v) is 6.48. The third kappa shape index (κ3) is 2.43. The van der Waals surface area contributed by atoms with Gasteiger partial charge in [0.1, 0.15) is 0 Å². The molecule has 0 saturated heterocycles. The van der Waals surface area contributed by atoms with Gasteiger partial charge in [-0.1, -0.05) is 53.4 Å². The van der Waals surface area contributed by atoms with Gasteiger partial charge in [0.15, 0.2) is 0 Å². The van der Waals surface area contributed by atoms with Gasteiger partial charge < -0.3 is 5.73 Å². The molecule has 2 N–H and O–H groups in total. The Labute approximate surface area is 100 Å². The van der Waals surface area contributed by atoms with Crippen molar-refractivity contribution in [1.82, 2.24) is 0 Å². The van der Waals surface area contributed by atoms with Crippen molar-refractivity contribution in [3.8, 4) is 0 Å². The number of hydrogen-bond donors (Lipinski definition) is 1. The van der Waals surface area contributed by atoms with Gasteiger partial charge in [-0.15, -0.1) is 0 Å². The van der Waals surface area contributed by atoms with E-state index in [9.17, 15) is 0 Å². The standard InChI is InChI=1S/C13H18BrN/c1-9-4-2-7-11(13(9)14)12(15)8-10-5-3-6-10/h2,4,7,10,12H,3,5-6,8,15H2,1H3. The van der Waals surface area contributed by atoms with Crippen molar-refractivity contribution in [3.63, 3.8) is 0 Å². The Kier molecular flexibility index (Phi) is 3.47. The molecule has 2 rings (SSSR count). The summed E-state index contributed by atoms with van der Waals surface area (Å²) in [6.07, 6.45) is 5.28. The zero-order valence-corrected chi connectivity index (χ0v) is 10.8. The number of aryl methyl sites for hydroxylation is 1. The van der Waals surface area contributed by atoms with Crippen LogP contribution in [0, 0.1) is 12.8 Å². The second kappa shape index (κ2) is 4.67. The highest BCUT2D eigenvalue weighted by Gasteiger charge is 2.22. The zero-order chi connectivity index (χ0) is 10.8. The SMILES string of the molecule is Cc1cccc(C(N)CC2CCC2)c1Br. The van der Waals surface area contributed by atoms with Crippen LogP contribution in [0.3, 0.4) is 0 Å². The number of rotatable bonds is 3. The molecule has 0 aliphatic heterocycles. The van der Waals surface area contributed by atoms with Gasteiger partial charge in [0.2, 0.25) is 0 Å². The van der Waals surface area contributed by atoms with Crippen molar-refractivity contribution in [2.24, 2.45) is 11.7 Å². The van der Waals surface area contributed by atoms with E-state index in [1.54, 1.807) is 0 Å². The van der Waals surface area contributed by atoms with Gasteiger partial charge >= 0.3 is 0 Å². The molecule has 0 amide bonds. The average Bonchev–Trinajstić information content (AvgIpc) is 2.15. The molecule has 1 aromatic carbocycles. The van der Waals surface area contributed by atoms with Gasteiger partial charge in [-0.3, -0.25) is 0 Å². The molecular weight excluding hydrogens is 250 g/mol. The molecule has 1 aliphatic rings. The third-order valence-corrected chi connectivity index (χ3v) is 4.52. The van der Waals surface area contributed by atoms with E-state index < -0.39 is 0 Å². The Morgan fingerprint density at radius 3 is 2.80 bits per heavy atom. The summed E-state index contributed by atoms with van der Waals surface area (Å²) in [5.41, 5.74) is 8.79. The molecule has 15 heavy (non-hydrogen) atoms. The molecule has 0 bridgehead atoms. The van der Waals surface area contributed by atoms with Crippen LogP contribution in [0.5, 0.6) is 0 Å². The zero-order valence-electron chi connectivity index (χ0n) is 9.17. The minimum Gasteiger partial charge on any atom is -0.324 e. The Balaban J connectivity index is 2.09. The lowest BCUT2D eigenvalue weighted by atomic mass is 9.80. The molecule has 1 aromatic rings. The van der Waals surface area contributed by atoms with E-state index in [0.717, 1.165) is 12.3 Å². The first kappa shape index (κ1) is 11.2. The molecule has 1 atom stereocenters. The monoisotopic (exact) mass is 267 g/mol. The fraction of sp³-hybridized carbons (Fsp3) is 0.538. The van der Waals surface area contributed by atoms with E-state index in [1.807, 2.05) is 0 Å². The summed E-state index contributed by atoms with van der Waals surface area (Å²) in [5, 5.41) is 0. The highest BCUT2D eigenvalue weighted by Crippen LogP contribution is 2.36. The van der Waals surface area contributed by atoms with E-state index in [0.29, 0.717) is 0 Å². The summed E-state index contributed by atoms with van der Waals surface area (Å²) in [5.74, 6) is 0.868. The topological polar surface area (TPSA) is 26.0 Å². The van der Waals surface area contributed by atoms with Gasteiger partial charge in [0.05, 0.1) is 0 Å².